The molecule has 0 aliphatic rings. The molecule has 0 spiro atoms. The molecule has 1 heteroatoms. The summed E-state index contributed by atoms with van der Waals surface area (Å²) >= 11 is 0. The molecular weight excluding hydrogens is 76.1 g/mol. The average Bonchev–Trinajstić information content (AvgIpc) is 1.38. The maximum Gasteiger partial charge on any atom is 0.0142 e. The van der Waals surface area contributed by atoms with Crippen LogP contribution in [0.15, 0.2) is 0 Å². The largest absolute Gasteiger partial charge is 0.0953 e. The van der Waals surface area contributed by atoms with E-state index in [4.69, 9.17) is 0 Å². The van der Waals surface area contributed by atoms with E-state index in [2.05, 4.69) is 20.4 Å². The first-order valence-corrected chi connectivity index (χ1v) is 3.25. The lowest BCUT2D eigenvalue weighted by Crippen LogP contribution is -1.82. The fourth-order valence-electron chi connectivity index (χ4n) is 0. The lowest BCUT2D eigenvalue weighted by molar-refractivity contribution is 1.84. The van der Waals surface area contributed by atoms with Gasteiger partial charge in [-0.2, -0.15) is 0 Å². The zero-order chi connectivity index (χ0) is 4.28. The summed E-state index contributed by atoms with van der Waals surface area (Å²) in [4.78, 5) is 0. The van der Waals surface area contributed by atoms with Crippen LogP contribution in [-0.4, -0.2) is 14.3 Å². The summed E-state index contributed by atoms with van der Waals surface area (Å²) in [7, 11) is 1.03. The van der Waals surface area contributed by atoms with Gasteiger partial charge < -0.3 is 0 Å². The summed E-state index contributed by atoms with van der Waals surface area (Å²) in [5, 5.41) is 1.53. The lowest BCUT2D eigenvalue weighted by atomic mass is 10.6. The molecule has 29 valence electrons. The van der Waals surface area contributed by atoms with Crippen molar-refractivity contribution in [1.29, 1.82) is 0 Å². The minimum Gasteiger partial charge on any atom is -0.0953 e. The second-order valence-electron chi connectivity index (χ2n) is 1.25. The van der Waals surface area contributed by atoms with Crippen LogP contribution in [0.4, 0.5) is 0 Å². The molecule has 0 bridgehead atoms. The summed E-state index contributed by atoms with van der Waals surface area (Å²) in [5.41, 5.74) is 0. The highest BCUT2D eigenvalue weighted by Crippen LogP contribution is 1.56. The van der Waals surface area contributed by atoms with E-state index in [1.165, 1.54) is 5.17 Å². The quantitative estimate of drug-likeness (QED) is 0.384. The monoisotopic (exact) mass is 85.0 g/mol. The first-order valence-electron chi connectivity index (χ1n) is 1.75. The van der Waals surface area contributed by atoms with Crippen LogP contribution in [0.1, 0.15) is 13.8 Å². The SMILES string of the molecule is C[Si]=C(C)C. The van der Waals surface area contributed by atoms with Gasteiger partial charge in [0.1, 0.15) is 0 Å². The van der Waals surface area contributed by atoms with Crippen molar-refractivity contribution < 1.29 is 0 Å². The van der Waals surface area contributed by atoms with E-state index in [9.17, 15) is 0 Å². The van der Waals surface area contributed by atoms with Crippen molar-refractivity contribution in [3.63, 3.8) is 0 Å². The normalized spacial score (nSPS) is 7.00. The molecule has 0 aliphatic heterocycles. The molecule has 0 N–H and O–H groups in total. The van der Waals surface area contributed by atoms with E-state index in [-0.39, 0.29) is 0 Å². The molecule has 0 unspecified atom stereocenters. The second-order valence-corrected chi connectivity index (χ2v) is 2.75. The Labute approximate surface area is 35.6 Å². The minimum atomic E-state index is 1.03. The molecule has 0 atom stereocenters. The van der Waals surface area contributed by atoms with E-state index < -0.39 is 0 Å². The maximum absolute atomic E-state index is 2.19. The maximum atomic E-state index is 2.19. The van der Waals surface area contributed by atoms with Crippen molar-refractivity contribution in [3.8, 4) is 0 Å². The Balaban J connectivity index is 3.14. The standard InChI is InChI=1S/C4H9Si/c1-4(2)5-3/h1-3H3. The molecule has 0 rings (SSSR count). The molecular formula is C4H9Si. The van der Waals surface area contributed by atoms with E-state index in [0.29, 0.717) is 0 Å². The molecule has 0 saturated carbocycles. The lowest BCUT2D eigenvalue weighted by Gasteiger charge is -1.72. The number of rotatable bonds is 0. The predicted octanol–water partition coefficient (Wildman–Crippen LogP) is 0.951. The predicted molar refractivity (Wildman–Crippen MR) is 28.0 cm³/mol. The highest BCUT2D eigenvalue weighted by molar-refractivity contribution is 6.51. The van der Waals surface area contributed by atoms with E-state index in [0.717, 1.165) is 9.13 Å². The van der Waals surface area contributed by atoms with Crippen molar-refractivity contribution in [2.75, 3.05) is 0 Å². The van der Waals surface area contributed by atoms with Gasteiger partial charge in [-0.05, 0) is 13.8 Å². The van der Waals surface area contributed by atoms with Crippen LogP contribution in [-0.2, 0) is 0 Å². The van der Waals surface area contributed by atoms with Gasteiger partial charge in [0.05, 0.1) is 0 Å². The average molecular weight is 85.2 g/mol. The molecule has 0 aromatic heterocycles. The fraction of sp³-hybridized carbons (Fsp3) is 0.750. The van der Waals surface area contributed by atoms with Crippen LogP contribution in [0.3, 0.4) is 0 Å². The highest BCUT2D eigenvalue weighted by Gasteiger charge is 1.61. The molecule has 1 radical (unpaired) electrons. The first kappa shape index (κ1) is 5.09. The fourth-order valence-corrected chi connectivity index (χ4v) is 0. The van der Waals surface area contributed by atoms with E-state index >= 15 is 0 Å². The molecule has 0 nitrogen and oxygen atoms in total. The smallest absolute Gasteiger partial charge is 0.0142 e. The minimum absolute atomic E-state index is 1.03. The summed E-state index contributed by atoms with van der Waals surface area (Å²) < 4.78 is 0. The van der Waals surface area contributed by atoms with Crippen molar-refractivity contribution in [1.82, 2.24) is 0 Å². The summed E-state index contributed by atoms with van der Waals surface area (Å²) in [6.45, 7) is 6.49. The topological polar surface area (TPSA) is 0 Å². The first-order chi connectivity index (χ1) is 2.27. The molecule has 0 heterocycles. The molecule has 0 aromatic rings. The van der Waals surface area contributed by atoms with Crippen molar-refractivity contribution in [3.05, 3.63) is 0 Å². The van der Waals surface area contributed by atoms with Crippen LogP contribution in [0.25, 0.3) is 0 Å². The molecule has 0 aliphatic carbocycles. The summed E-state index contributed by atoms with van der Waals surface area (Å²) in [5.74, 6) is 0. The third-order valence-corrected chi connectivity index (χ3v) is 1.50. The molecule has 5 heavy (non-hydrogen) atoms. The van der Waals surface area contributed by atoms with Crippen LogP contribution in [0, 0.1) is 0 Å². The molecule has 0 aromatic carbocycles. The van der Waals surface area contributed by atoms with Gasteiger partial charge >= 0.3 is 0 Å². The molecule has 0 saturated heterocycles. The second kappa shape index (κ2) is 2.33. The van der Waals surface area contributed by atoms with Gasteiger partial charge in [0.2, 0.25) is 0 Å². The Morgan fingerprint density at radius 2 is 1.60 bits per heavy atom. The summed E-state index contributed by atoms with van der Waals surface area (Å²) in [6.07, 6.45) is 0. The van der Waals surface area contributed by atoms with Gasteiger partial charge in [0.25, 0.3) is 0 Å². The van der Waals surface area contributed by atoms with E-state index in [1.54, 1.807) is 0 Å². The Bertz CT molecular complexity index is 41.6. The van der Waals surface area contributed by atoms with Crippen LogP contribution in [0.2, 0.25) is 6.55 Å². The van der Waals surface area contributed by atoms with Gasteiger partial charge in [0, 0.05) is 9.13 Å². The Morgan fingerprint density at radius 1 is 1.40 bits per heavy atom. The van der Waals surface area contributed by atoms with E-state index in [1.807, 2.05) is 0 Å². The third kappa shape index (κ3) is 4.09. The molecule has 0 fully saturated rings. The highest BCUT2D eigenvalue weighted by atomic mass is 28.2. The van der Waals surface area contributed by atoms with Crippen LogP contribution >= 0.6 is 0 Å². The van der Waals surface area contributed by atoms with Gasteiger partial charge in [0.15, 0.2) is 0 Å². The van der Waals surface area contributed by atoms with Crippen LogP contribution in [0.5, 0.6) is 0 Å². The van der Waals surface area contributed by atoms with Crippen molar-refractivity contribution in [2.24, 2.45) is 0 Å². The van der Waals surface area contributed by atoms with Crippen molar-refractivity contribution >= 4 is 14.3 Å². The van der Waals surface area contributed by atoms with Gasteiger partial charge in [-0.3, -0.25) is 0 Å². The zero-order valence-corrected chi connectivity index (χ0v) is 5.00. The third-order valence-electron chi connectivity index (χ3n) is 0.500. The Morgan fingerprint density at radius 3 is 1.60 bits per heavy atom. The van der Waals surface area contributed by atoms with Gasteiger partial charge in [-0.25, -0.2) is 0 Å². The summed E-state index contributed by atoms with van der Waals surface area (Å²) in [6, 6.07) is 0. The Hall–Kier alpha value is 0.0869. The van der Waals surface area contributed by atoms with Crippen LogP contribution < -0.4 is 0 Å². The van der Waals surface area contributed by atoms with Gasteiger partial charge in [-0.1, -0.05) is 11.7 Å². The number of hydrogen-bond acceptors (Lipinski definition) is 0. The number of hydrogen-bond donors (Lipinski definition) is 0. The van der Waals surface area contributed by atoms with Gasteiger partial charge in [-0.15, -0.1) is 0 Å². The van der Waals surface area contributed by atoms with Crippen molar-refractivity contribution in [2.45, 2.75) is 20.4 Å². The Kier molecular flexibility index (Phi) is 2.37. The zero-order valence-electron chi connectivity index (χ0n) is 4.00. The molecule has 0 amide bonds.